The Hall–Kier alpha value is -2.96. The van der Waals surface area contributed by atoms with Gasteiger partial charge in [-0.3, -0.25) is 9.78 Å². The molecule has 134 valence electrons. The van der Waals surface area contributed by atoms with Gasteiger partial charge in [-0.25, -0.2) is 9.18 Å². The highest BCUT2D eigenvalue weighted by molar-refractivity contribution is 5.95. The Labute approximate surface area is 150 Å². The van der Waals surface area contributed by atoms with Gasteiger partial charge in [0.1, 0.15) is 5.82 Å². The fourth-order valence-electron chi connectivity index (χ4n) is 3.64. The van der Waals surface area contributed by atoms with Gasteiger partial charge in [0, 0.05) is 36.3 Å². The van der Waals surface area contributed by atoms with E-state index < -0.39 is 0 Å². The smallest absolute Gasteiger partial charge is 0.321 e. The van der Waals surface area contributed by atoms with Crippen molar-refractivity contribution in [3.63, 3.8) is 0 Å². The summed E-state index contributed by atoms with van der Waals surface area (Å²) >= 11 is 0. The van der Waals surface area contributed by atoms with Crippen LogP contribution in [0.4, 0.5) is 20.6 Å². The molecule has 2 aliphatic rings. The number of nitrogens with one attached hydrogen (secondary N) is 2. The van der Waals surface area contributed by atoms with Crippen molar-refractivity contribution in [2.24, 2.45) is 11.3 Å². The molecule has 2 heterocycles. The van der Waals surface area contributed by atoms with Crippen molar-refractivity contribution in [1.29, 1.82) is 0 Å². The Morgan fingerprint density at radius 2 is 1.96 bits per heavy atom. The number of benzene rings is 1. The minimum absolute atomic E-state index is 0.0150. The van der Waals surface area contributed by atoms with Gasteiger partial charge in [-0.05, 0) is 49.2 Å². The fraction of sp³-hybridized carbons (Fsp3) is 0.316. The van der Waals surface area contributed by atoms with Crippen LogP contribution in [0.15, 0.2) is 48.8 Å². The number of hydrogen-bond acceptors (Lipinski definition) is 3. The fourth-order valence-corrected chi connectivity index (χ4v) is 3.64. The maximum absolute atomic E-state index is 12.9. The molecule has 2 fully saturated rings. The second kappa shape index (κ2) is 6.40. The Morgan fingerprint density at radius 1 is 1.15 bits per heavy atom. The van der Waals surface area contributed by atoms with Crippen molar-refractivity contribution in [1.82, 2.24) is 9.88 Å². The molecule has 2 aromatic rings. The third-order valence-electron chi connectivity index (χ3n) is 5.20. The molecule has 1 aromatic heterocycles. The summed E-state index contributed by atoms with van der Waals surface area (Å²) in [7, 11) is 0. The van der Waals surface area contributed by atoms with Crippen LogP contribution in [-0.2, 0) is 4.79 Å². The molecule has 1 aliphatic carbocycles. The van der Waals surface area contributed by atoms with Crippen LogP contribution in [0.2, 0.25) is 0 Å². The molecular formula is C19H19FN4O2. The number of hydrogen-bond donors (Lipinski definition) is 2. The van der Waals surface area contributed by atoms with Crippen molar-refractivity contribution in [3.05, 3.63) is 54.6 Å². The molecule has 2 atom stereocenters. The standard InChI is InChI=1S/C19H19FN4O2/c20-13-3-5-14(6-4-13)23-18(26)24-9-7-19(12-24)10-16(19)17(25)22-15-2-1-8-21-11-15/h1-6,8,11,16H,7,9-10,12H2,(H,22,25)(H,23,26)/t16-,19-/m0/s1. The van der Waals surface area contributed by atoms with Gasteiger partial charge in [-0.15, -0.1) is 0 Å². The van der Waals surface area contributed by atoms with Crippen LogP contribution in [-0.4, -0.2) is 34.9 Å². The quantitative estimate of drug-likeness (QED) is 0.889. The summed E-state index contributed by atoms with van der Waals surface area (Å²) in [6.07, 6.45) is 4.88. The number of nitrogens with zero attached hydrogens (tertiary/aromatic N) is 2. The van der Waals surface area contributed by atoms with Gasteiger partial charge in [0.2, 0.25) is 5.91 Å². The summed E-state index contributed by atoms with van der Waals surface area (Å²) in [5.41, 5.74) is 1.12. The van der Waals surface area contributed by atoms with Crippen molar-refractivity contribution in [2.45, 2.75) is 12.8 Å². The Balaban J connectivity index is 1.33. The van der Waals surface area contributed by atoms with Gasteiger partial charge in [-0.2, -0.15) is 0 Å². The number of amides is 3. The van der Waals surface area contributed by atoms with Crippen LogP contribution in [0.1, 0.15) is 12.8 Å². The van der Waals surface area contributed by atoms with E-state index in [1.165, 1.54) is 24.3 Å². The highest BCUT2D eigenvalue weighted by atomic mass is 19.1. The van der Waals surface area contributed by atoms with E-state index in [4.69, 9.17) is 0 Å². The van der Waals surface area contributed by atoms with E-state index in [1.807, 2.05) is 0 Å². The third-order valence-corrected chi connectivity index (χ3v) is 5.20. The molecule has 1 aliphatic heterocycles. The van der Waals surface area contributed by atoms with Crippen molar-refractivity contribution < 1.29 is 14.0 Å². The maximum Gasteiger partial charge on any atom is 0.321 e. The van der Waals surface area contributed by atoms with Gasteiger partial charge in [-0.1, -0.05) is 0 Å². The Bertz CT molecular complexity index is 827. The van der Waals surface area contributed by atoms with E-state index in [1.54, 1.807) is 29.4 Å². The second-order valence-corrected chi connectivity index (χ2v) is 6.96. The number of carbonyl (C=O) groups is 2. The lowest BCUT2D eigenvalue weighted by Gasteiger charge is -2.17. The Kier molecular flexibility index (Phi) is 4.06. The highest BCUT2D eigenvalue weighted by Crippen LogP contribution is 2.58. The molecule has 0 unspecified atom stereocenters. The van der Waals surface area contributed by atoms with E-state index in [0.29, 0.717) is 24.5 Å². The minimum atomic E-state index is -0.344. The number of pyridine rings is 1. The van der Waals surface area contributed by atoms with E-state index >= 15 is 0 Å². The molecule has 0 radical (unpaired) electrons. The monoisotopic (exact) mass is 354 g/mol. The van der Waals surface area contributed by atoms with Gasteiger partial charge >= 0.3 is 6.03 Å². The third kappa shape index (κ3) is 3.24. The number of likely N-dealkylation sites (tertiary alicyclic amines) is 1. The molecule has 1 saturated carbocycles. The molecule has 1 saturated heterocycles. The molecule has 0 bridgehead atoms. The topological polar surface area (TPSA) is 74.3 Å². The maximum atomic E-state index is 12.9. The normalized spacial score (nSPS) is 23.7. The number of anilines is 2. The zero-order chi connectivity index (χ0) is 18.1. The van der Waals surface area contributed by atoms with E-state index in [0.717, 1.165) is 12.8 Å². The minimum Gasteiger partial charge on any atom is -0.324 e. The summed E-state index contributed by atoms with van der Waals surface area (Å²) < 4.78 is 12.9. The van der Waals surface area contributed by atoms with Gasteiger partial charge < -0.3 is 15.5 Å². The SMILES string of the molecule is O=C(Nc1cccnc1)[C@@H]1C[C@]12CCN(C(=O)Nc1ccc(F)cc1)C2. The number of carbonyl (C=O) groups excluding carboxylic acids is 2. The van der Waals surface area contributed by atoms with Crippen LogP contribution in [0.5, 0.6) is 0 Å². The van der Waals surface area contributed by atoms with E-state index in [2.05, 4.69) is 15.6 Å². The van der Waals surface area contributed by atoms with Crippen LogP contribution >= 0.6 is 0 Å². The predicted octanol–water partition coefficient (Wildman–Crippen LogP) is 3.10. The lowest BCUT2D eigenvalue weighted by Crippen LogP contribution is -2.33. The molecule has 1 aromatic carbocycles. The average molecular weight is 354 g/mol. The molecule has 6 nitrogen and oxygen atoms in total. The number of aromatic nitrogens is 1. The average Bonchev–Trinajstić information content (AvgIpc) is 3.18. The first-order valence-corrected chi connectivity index (χ1v) is 8.58. The van der Waals surface area contributed by atoms with Crippen molar-refractivity contribution in [2.75, 3.05) is 23.7 Å². The van der Waals surface area contributed by atoms with Crippen LogP contribution < -0.4 is 10.6 Å². The van der Waals surface area contributed by atoms with Crippen LogP contribution in [0.3, 0.4) is 0 Å². The molecule has 7 heteroatoms. The summed E-state index contributed by atoms with van der Waals surface area (Å²) in [5.74, 6) is -0.436. The zero-order valence-corrected chi connectivity index (χ0v) is 14.1. The van der Waals surface area contributed by atoms with Crippen LogP contribution in [0, 0.1) is 17.2 Å². The number of rotatable bonds is 3. The van der Waals surface area contributed by atoms with Crippen molar-refractivity contribution >= 4 is 23.3 Å². The van der Waals surface area contributed by atoms with Gasteiger partial charge in [0.25, 0.3) is 0 Å². The lowest BCUT2D eigenvalue weighted by atomic mass is 10.0. The molecule has 1 spiro atoms. The first-order valence-electron chi connectivity index (χ1n) is 8.58. The molecule has 2 N–H and O–H groups in total. The van der Waals surface area contributed by atoms with Crippen LogP contribution in [0.25, 0.3) is 0 Å². The summed E-state index contributed by atoms with van der Waals surface area (Å²) in [5, 5.41) is 5.66. The number of urea groups is 1. The second-order valence-electron chi connectivity index (χ2n) is 6.96. The van der Waals surface area contributed by atoms with E-state index in [9.17, 15) is 14.0 Å². The molecule has 4 rings (SSSR count). The Morgan fingerprint density at radius 3 is 2.69 bits per heavy atom. The first-order chi connectivity index (χ1) is 12.6. The first kappa shape index (κ1) is 16.5. The van der Waals surface area contributed by atoms with Crippen molar-refractivity contribution in [3.8, 4) is 0 Å². The van der Waals surface area contributed by atoms with Gasteiger partial charge in [0.05, 0.1) is 11.9 Å². The molecule has 3 amide bonds. The van der Waals surface area contributed by atoms with Gasteiger partial charge in [0.15, 0.2) is 0 Å². The predicted molar refractivity (Wildman–Crippen MR) is 95.0 cm³/mol. The molecular weight excluding hydrogens is 335 g/mol. The lowest BCUT2D eigenvalue weighted by molar-refractivity contribution is -0.118. The largest absolute Gasteiger partial charge is 0.324 e. The summed E-state index contributed by atoms with van der Waals surface area (Å²) in [6.45, 7) is 1.18. The highest BCUT2D eigenvalue weighted by Gasteiger charge is 2.61. The zero-order valence-electron chi connectivity index (χ0n) is 14.1. The summed E-state index contributed by atoms with van der Waals surface area (Å²) in [6, 6.07) is 9.03. The summed E-state index contributed by atoms with van der Waals surface area (Å²) in [4.78, 5) is 30.5. The molecule has 26 heavy (non-hydrogen) atoms. The van der Waals surface area contributed by atoms with E-state index in [-0.39, 0.29) is 29.1 Å². The number of halogens is 1.